The summed E-state index contributed by atoms with van der Waals surface area (Å²) in [7, 11) is 0. The van der Waals surface area contributed by atoms with Crippen LogP contribution in [0.5, 0.6) is 0 Å². The molecule has 0 fully saturated rings. The van der Waals surface area contributed by atoms with Crippen LogP contribution in [0.4, 0.5) is 5.13 Å². The number of aryl methyl sites for hydroxylation is 1. The minimum absolute atomic E-state index is 0.0472. The molecule has 1 atom stereocenters. The first-order valence-electron chi connectivity index (χ1n) is 8.03. The fourth-order valence-electron chi connectivity index (χ4n) is 3.14. The van der Waals surface area contributed by atoms with Crippen LogP contribution in [0, 0.1) is 11.3 Å². The fourth-order valence-corrected chi connectivity index (χ4v) is 3.86. The van der Waals surface area contributed by atoms with E-state index in [-0.39, 0.29) is 11.8 Å². The molecular weight excluding hydrogens is 334 g/mol. The molecule has 6 nitrogen and oxygen atoms in total. The number of hydrogen-bond acceptors (Lipinski definition) is 5. The van der Waals surface area contributed by atoms with E-state index in [1.165, 1.54) is 11.3 Å². The number of amides is 1. The van der Waals surface area contributed by atoms with Crippen LogP contribution in [0.3, 0.4) is 0 Å². The van der Waals surface area contributed by atoms with Gasteiger partial charge in [0.15, 0.2) is 5.13 Å². The van der Waals surface area contributed by atoms with Crippen LogP contribution in [0.25, 0.3) is 11.3 Å². The predicted molar refractivity (Wildman–Crippen MR) is 95.2 cm³/mol. The van der Waals surface area contributed by atoms with Gasteiger partial charge >= 0.3 is 0 Å². The van der Waals surface area contributed by atoms with Gasteiger partial charge in [-0.05, 0) is 31.4 Å². The molecule has 2 N–H and O–H groups in total. The number of benzene rings is 1. The van der Waals surface area contributed by atoms with Gasteiger partial charge in [-0.15, -0.1) is 11.3 Å². The number of carbonyl (C=O) groups excluding carboxylic acids is 1. The number of H-pyrrole nitrogens is 1. The van der Waals surface area contributed by atoms with Crippen molar-refractivity contribution < 1.29 is 4.79 Å². The molecule has 1 aliphatic rings. The molecule has 25 heavy (non-hydrogen) atoms. The molecule has 0 aliphatic heterocycles. The van der Waals surface area contributed by atoms with E-state index in [0.29, 0.717) is 10.7 Å². The van der Waals surface area contributed by atoms with Gasteiger partial charge in [-0.25, -0.2) is 4.98 Å². The molecule has 1 amide bonds. The van der Waals surface area contributed by atoms with Crippen LogP contribution in [0.1, 0.15) is 35.6 Å². The molecule has 7 heteroatoms. The number of aromatic nitrogens is 3. The smallest absolute Gasteiger partial charge is 0.233 e. The van der Waals surface area contributed by atoms with Crippen molar-refractivity contribution in [2.45, 2.75) is 25.2 Å². The largest absolute Gasteiger partial charge is 0.301 e. The van der Waals surface area contributed by atoms with Crippen LogP contribution in [0.15, 0.2) is 35.8 Å². The van der Waals surface area contributed by atoms with E-state index in [9.17, 15) is 4.79 Å². The highest BCUT2D eigenvalue weighted by Crippen LogP contribution is 2.32. The van der Waals surface area contributed by atoms with Crippen LogP contribution in [-0.2, 0) is 11.2 Å². The van der Waals surface area contributed by atoms with Crippen molar-refractivity contribution in [1.29, 1.82) is 5.26 Å². The van der Waals surface area contributed by atoms with E-state index in [2.05, 4.69) is 26.6 Å². The first kappa shape index (κ1) is 15.5. The zero-order chi connectivity index (χ0) is 17.2. The minimum atomic E-state index is -0.184. The van der Waals surface area contributed by atoms with Crippen LogP contribution < -0.4 is 5.32 Å². The summed E-state index contributed by atoms with van der Waals surface area (Å²) in [5.41, 5.74) is 4.25. The second-order valence-corrected chi connectivity index (χ2v) is 6.83. The predicted octanol–water partition coefficient (Wildman–Crippen LogP) is 3.46. The van der Waals surface area contributed by atoms with E-state index in [0.717, 1.165) is 41.8 Å². The highest BCUT2D eigenvalue weighted by molar-refractivity contribution is 7.14. The summed E-state index contributed by atoms with van der Waals surface area (Å²) in [6, 6.07) is 9.40. The van der Waals surface area contributed by atoms with Gasteiger partial charge in [0.2, 0.25) is 5.91 Å². The van der Waals surface area contributed by atoms with E-state index in [1.807, 2.05) is 17.5 Å². The van der Waals surface area contributed by atoms with Gasteiger partial charge in [0.05, 0.1) is 29.4 Å². The second kappa shape index (κ2) is 6.49. The van der Waals surface area contributed by atoms with Crippen molar-refractivity contribution in [3.63, 3.8) is 0 Å². The van der Waals surface area contributed by atoms with Crippen LogP contribution >= 0.6 is 11.3 Å². The molecule has 2 heterocycles. The zero-order valence-electron chi connectivity index (χ0n) is 13.3. The molecule has 1 aliphatic carbocycles. The van der Waals surface area contributed by atoms with Gasteiger partial charge in [-0.2, -0.15) is 10.4 Å². The highest BCUT2D eigenvalue weighted by atomic mass is 32.1. The molecule has 0 bridgehead atoms. The number of nitriles is 1. The van der Waals surface area contributed by atoms with Gasteiger partial charge in [0, 0.05) is 22.2 Å². The highest BCUT2D eigenvalue weighted by Gasteiger charge is 2.28. The lowest BCUT2D eigenvalue weighted by molar-refractivity contribution is -0.117. The van der Waals surface area contributed by atoms with Gasteiger partial charge < -0.3 is 5.32 Å². The molecule has 0 saturated carbocycles. The lowest BCUT2D eigenvalue weighted by Crippen LogP contribution is -2.24. The summed E-state index contributed by atoms with van der Waals surface area (Å²) in [5, 5.41) is 21.4. The maximum Gasteiger partial charge on any atom is 0.233 e. The van der Waals surface area contributed by atoms with Gasteiger partial charge in [0.25, 0.3) is 0 Å². The summed E-state index contributed by atoms with van der Waals surface area (Å²) in [4.78, 5) is 17.1. The minimum Gasteiger partial charge on any atom is -0.301 e. The molecule has 0 spiro atoms. The Hall–Kier alpha value is -2.98. The van der Waals surface area contributed by atoms with Crippen LogP contribution in [0.2, 0.25) is 0 Å². The number of rotatable bonds is 3. The first-order valence-corrected chi connectivity index (χ1v) is 8.91. The molecule has 4 rings (SSSR count). The summed E-state index contributed by atoms with van der Waals surface area (Å²) >= 11 is 1.38. The third kappa shape index (κ3) is 3.04. The molecule has 2 aromatic heterocycles. The molecule has 124 valence electrons. The Balaban J connectivity index is 1.52. The van der Waals surface area contributed by atoms with Gasteiger partial charge in [-0.1, -0.05) is 12.1 Å². The quantitative estimate of drug-likeness (QED) is 0.757. The van der Waals surface area contributed by atoms with Crippen LogP contribution in [-0.4, -0.2) is 21.1 Å². The number of thiazole rings is 1. The number of hydrogen-bond donors (Lipinski definition) is 2. The molecule has 1 unspecified atom stereocenters. The number of carbonyl (C=O) groups is 1. The SMILES string of the molecule is N#Cc1cccc(-c2csc(NC(=O)C3CCCc4[nH]ncc43)n2)c1. The Morgan fingerprint density at radius 3 is 3.24 bits per heavy atom. The normalized spacial score (nSPS) is 16.0. The van der Waals surface area contributed by atoms with E-state index in [4.69, 9.17) is 5.26 Å². The lowest BCUT2D eigenvalue weighted by Gasteiger charge is -2.20. The van der Waals surface area contributed by atoms with Gasteiger partial charge in [0.1, 0.15) is 0 Å². The van der Waals surface area contributed by atoms with Crippen molar-refractivity contribution in [1.82, 2.24) is 15.2 Å². The average molecular weight is 349 g/mol. The maximum absolute atomic E-state index is 12.6. The van der Waals surface area contributed by atoms with Gasteiger partial charge in [-0.3, -0.25) is 9.89 Å². The Morgan fingerprint density at radius 2 is 2.36 bits per heavy atom. The summed E-state index contributed by atoms with van der Waals surface area (Å²) in [6.07, 6.45) is 4.48. The summed E-state index contributed by atoms with van der Waals surface area (Å²) in [6.45, 7) is 0. The third-order valence-corrected chi connectivity index (χ3v) is 5.14. The number of aromatic amines is 1. The molecule has 1 aromatic carbocycles. The van der Waals surface area contributed by atoms with Crippen molar-refractivity contribution >= 4 is 22.4 Å². The zero-order valence-corrected chi connectivity index (χ0v) is 14.1. The Kier molecular flexibility index (Phi) is 4.04. The number of fused-ring (bicyclic) bond motifs is 1. The summed E-state index contributed by atoms with van der Waals surface area (Å²) in [5.74, 6) is -0.231. The molecule has 3 aromatic rings. The average Bonchev–Trinajstić information content (AvgIpc) is 3.30. The standard InChI is InChI=1S/C18H15N5OS/c19-8-11-3-1-4-12(7-11)16-10-25-18(21-16)22-17(24)13-5-2-6-15-14(13)9-20-23-15/h1,3-4,7,9-10,13H,2,5-6H2,(H,20,23)(H,21,22,24). The third-order valence-electron chi connectivity index (χ3n) is 4.38. The van der Waals surface area contributed by atoms with Crippen molar-refractivity contribution in [3.8, 4) is 17.3 Å². The maximum atomic E-state index is 12.6. The summed E-state index contributed by atoms with van der Waals surface area (Å²) < 4.78 is 0. The second-order valence-electron chi connectivity index (χ2n) is 5.97. The number of nitrogens with one attached hydrogen (secondary N) is 2. The van der Waals surface area contributed by atoms with E-state index >= 15 is 0 Å². The van der Waals surface area contributed by atoms with Crippen molar-refractivity contribution in [3.05, 3.63) is 52.7 Å². The van der Waals surface area contributed by atoms with E-state index < -0.39 is 0 Å². The number of anilines is 1. The van der Waals surface area contributed by atoms with Crippen molar-refractivity contribution in [2.24, 2.45) is 0 Å². The van der Waals surface area contributed by atoms with E-state index in [1.54, 1.807) is 18.3 Å². The molecule has 0 radical (unpaired) electrons. The number of nitrogens with zero attached hydrogens (tertiary/aromatic N) is 3. The Bertz CT molecular complexity index is 968. The molecular formula is C18H15N5OS. The Morgan fingerprint density at radius 1 is 1.44 bits per heavy atom. The fraction of sp³-hybridized carbons (Fsp3) is 0.222. The lowest BCUT2D eigenvalue weighted by atomic mass is 9.86. The monoisotopic (exact) mass is 349 g/mol. The molecule has 0 saturated heterocycles. The topological polar surface area (TPSA) is 94.5 Å². The Labute approximate surface area is 148 Å². The first-order chi connectivity index (χ1) is 12.2. The van der Waals surface area contributed by atoms with Crippen molar-refractivity contribution in [2.75, 3.05) is 5.32 Å².